The van der Waals surface area contributed by atoms with Crippen LogP contribution in [0.3, 0.4) is 0 Å². The van der Waals surface area contributed by atoms with E-state index in [1.807, 2.05) is 6.92 Å². The van der Waals surface area contributed by atoms with Crippen molar-refractivity contribution >= 4 is 17.7 Å². The predicted molar refractivity (Wildman–Crippen MR) is 112 cm³/mol. The summed E-state index contributed by atoms with van der Waals surface area (Å²) in [6, 6.07) is 4.86. The van der Waals surface area contributed by atoms with Gasteiger partial charge >= 0.3 is 6.18 Å². The molecule has 0 unspecified atom stereocenters. The minimum Gasteiger partial charge on any atom is -0.395 e. The van der Waals surface area contributed by atoms with Crippen molar-refractivity contribution < 1.29 is 22.4 Å². The van der Waals surface area contributed by atoms with E-state index in [-0.39, 0.29) is 23.5 Å². The molecule has 164 valence electrons. The summed E-state index contributed by atoms with van der Waals surface area (Å²) in [6.07, 6.45) is 6.20. The molecule has 2 rings (SSSR count). The first-order chi connectivity index (χ1) is 14.7. The van der Waals surface area contributed by atoms with Crippen LogP contribution in [0.4, 0.5) is 23.2 Å². The van der Waals surface area contributed by atoms with E-state index in [4.69, 9.17) is 12.2 Å². The van der Waals surface area contributed by atoms with Crippen molar-refractivity contribution in [2.45, 2.75) is 45.3 Å². The molecule has 4 nitrogen and oxygen atoms in total. The van der Waals surface area contributed by atoms with Crippen LogP contribution < -0.4 is 11.1 Å². The van der Waals surface area contributed by atoms with Crippen LogP contribution in [0.5, 0.6) is 0 Å². The Morgan fingerprint density at radius 3 is 2.68 bits per heavy atom. The molecule has 0 radical (unpaired) electrons. The van der Waals surface area contributed by atoms with E-state index in [0.29, 0.717) is 24.0 Å². The van der Waals surface area contributed by atoms with Gasteiger partial charge in [-0.2, -0.15) is 13.2 Å². The lowest BCUT2D eigenvalue weighted by atomic mass is 10.1. The number of terminal acetylenes is 1. The van der Waals surface area contributed by atoms with Crippen LogP contribution in [0.1, 0.15) is 54.3 Å². The summed E-state index contributed by atoms with van der Waals surface area (Å²) in [5.74, 6) is 1.10. The summed E-state index contributed by atoms with van der Waals surface area (Å²) in [5, 5.41) is 2.57. The summed E-state index contributed by atoms with van der Waals surface area (Å²) in [6.45, 7) is 1.99. The van der Waals surface area contributed by atoms with Gasteiger partial charge in [0, 0.05) is 18.3 Å². The van der Waals surface area contributed by atoms with Crippen LogP contribution in [0.15, 0.2) is 30.3 Å². The highest BCUT2D eigenvalue weighted by Crippen LogP contribution is 2.29. The number of alkyl halides is 3. The monoisotopic (exact) mass is 433 g/mol. The number of carbonyl (C=O) groups excluding carboxylic acids is 1. The molecule has 0 saturated carbocycles. The number of nitrogen functional groups attached to an aromatic ring is 1. The molecule has 1 aromatic carbocycles. The number of rotatable bonds is 8. The molecule has 0 spiro atoms. The van der Waals surface area contributed by atoms with E-state index in [1.54, 1.807) is 0 Å². The average Bonchev–Trinajstić information content (AvgIpc) is 2.72. The number of carbonyl (C=O) groups is 1. The number of nitrogens with two attached hydrogens (primary N) is 1. The van der Waals surface area contributed by atoms with Crippen molar-refractivity contribution in [1.82, 2.24) is 10.3 Å². The number of halogens is 4. The van der Waals surface area contributed by atoms with Gasteiger partial charge in [-0.15, -0.1) is 6.42 Å². The summed E-state index contributed by atoms with van der Waals surface area (Å²) in [5.41, 5.74) is 5.77. The minimum atomic E-state index is -4.54. The van der Waals surface area contributed by atoms with E-state index >= 15 is 0 Å². The molecule has 0 aliphatic rings. The van der Waals surface area contributed by atoms with Crippen LogP contribution >= 0.6 is 0 Å². The molecular formula is C23H23F4N3O. The molecule has 0 aliphatic heterocycles. The molecule has 2 aromatic rings. The van der Waals surface area contributed by atoms with Gasteiger partial charge in [-0.1, -0.05) is 31.8 Å². The lowest BCUT2D eigenvalue weighted by Gasteiger charge is -2.11. The topological polar surface area (TPSA) is 68.0 Å². The highest BCUT2D eigenvalue weighted by Gasteiger charge is 2.32. The van der Waals surface area contributed by atoms with Crippen LogP contribution in [-0.4, -0.2) is 10.9 Å². The number of nitrogens with one attached hydrogen (secondary N) is 1. The Kier molecular flexibility index (Phi) is 8.20. The van der Waals surface area contributed by atoms with Gasteiger partial charge in [0.15, 0.2) is 0 Å². The number of pyridine rings is 1. The van der Waals surface area contributed by atoms with Gasteiger partial charge in [0.05, 0.1) is 11.3 Å². The molecule has 0 fully saturated rings. The molecule has 1 aromatic heterocycles. The zero-order valence-corrected chi connectivity index (χ0v) is 17.0. The third kappa shape index (κ3) is 6.85. The van der Waals surface area contributed by atoms with Gasteiger partial charge in [-0.3, -0.25) is 4.79 Å². The summed E-state index contributed by atoms with van der Waals surface area (Å²) in [7, 11) is 0. The molecule has 8 heteroatoms. The zero-order valence-electron chi connectivity index (χ0n) is 17.0. The van der Waals surface area contributed by atoms with E-state index in [2.05, 4.69) is 16.2 Å². The molecule has 1 heterocycles. The number of nitrogens with zero attached hydrogens (tertiary/aromatic N) is 1. The first-order valence-electron chi connectivity index (χ1n) is 9.73. The summed E-state index contributed by atoms with van der Waals surface area (Å²) < 4.78 is 52.7. The average molecular weight is 433 g/mol. The fourth-order valence-electron chi connectivity index (χ4n) is 2.87. The number of unbranched alkanes of at least 4 members (excludes halogenated alkanes) is 2. The van der Waals surface area contributed by atoms with Crippen molar-refractivity contribution in [1.29, 1.82) is 0 Å². The Balaban J connectivity index is 2.12. The van der Waals surface area contributed by atoms with Gasteiger partial charge in [0.1, 0.15) is 11.5 Å². The van der Waals surface area contributed by atoms with Crippen molar-refractivity contribution in [3.8, 4) is 12.3 Å². The number of benzene rings is 1. The standard InChI is InChI=1S/C23H23F4N3O/c1-3-5-6-7-19-17(8-10-20(30-19)23(25,26)27)9-11-21(31)29-14-15-12-16(4-2)22(28)18(24)13-15/h2,8-13H,3,5-7,14,28H2,1H3,(H,29,31)/b11-9+. The smallest absolute Gasteiger partial charge is 0.395 e. The molecular weight excluding hydrogens is 410 g/mol. The number of aromatic nitrogens is 1. The van der Waals surface area contributed by atoms with Gasteiger partial charge in [0.2, 0.25) is 5.91 Å². The Bertz CT molecular complexity index is 1010. The van der Waals surface area contributed by atoms with Crippen LogP contribution in [0, 0.1) is 18.2 Å². The third-order valence-electron chi connectivity index (χ3n) is 4.54. The second-order valence-corrected chi connectivity index (χ2v) is 6.92. The minimum absolute atomic E-state index is 0.00364. The van der Waals surface area contributed by atoms with Crippen LogP contribution in [0.2, 0.25) is 0 Å². The number of amides is 1. The second-order valence-electron chi connectivity index (χ2n) is 6.92. The molecule has 31 heavy (non-hydrogen) atoms. The third-order valence-corrected chi connectivity index (χ3v) is 4.54. The normalized spacial score (nSPS) is 11.5. The van der Waals surface area contributed by atoms with Gasteiger partial charge in [-0.25, -0.2) is 9.37 Å². The van der Waals surface area contributed by atoms with E-state index in [1.165, 1.54) is 30.4 Å². The maximum Gasteiger partial charge on any atom is 0.433 e. The van der Waals surface area contributed by atoms with Gasteiger partial charge in [0.25, 0.3) is 0 Å². The highest BCUT2D eigenvalue weighted by atomic mass is 19.4. The van der Waals surface area contributed by atoms with Crippen molar-refractivity contribution in [2.24, 2.45) is 0 Å². The van der Waals surface area contributed by atoms with Crippen molar-refractivity contribution in [2.75, 3.05) is 5.73 Å². The Labute approximate surface area is 178 Å². The van der Waals surface area contributed by atoms with E-state index in [9.17, 15) is 22.4 Å². The Hall–Kier alpha value is -3.34. The number of hydrogen-bond donors (Lipinski definition) is 2. The number of hydrogen-bond acceptors (Lipinski definition) is 3. The van der Waals surface area contributed by atoms with Gasteiger partial charge in [-0.05, 0) is 48.2 Å². The lowest BCUT2D eigenvalue weighted by Crippen LogP contribution is -2.20. The van der Waals surface area contributed by atoms with Crippen molar-refractivity contribution in [3.05, 3.63) is 64.2 Å². The SMILES string of the molecule is C#Cc1cc(CNC(=O)/C=C/c2ccc(C(F)(F)F)nc2CCCCC)cc(F)c1N. The summed E-state index contributed by atoms with van der Waals surface area (Å²) in [4.78, 5) is 15.9. The van der Waals surface area contributed by atoms with Crippen LogP contribution in [-0.2, 0) is 23.9 Å². The molecule has 3 N–H and O–H groups in total. The number of anilines is 1. The molecule has 0 atom stereocenters. The Morgan fingerprint density at radius 1 is 1.29 bits per heavy atom. The molecule has 0 bridgehead atoms. The quantitative estimate of drug-likeness (QED) is 0.205. The van der Waals surface area contributed by atoms with E-state index < -0.39 is 23.6 Å². The molecule has 0 aliphatic carbocycles. The van der Waals surface area contributed by atoms with Crippen molar-refractivity contribution in [3.63, 3.8) is 0 Å². The lowest BCUT2D eigenvalue weighted by molar-refractivity contribution is -0.141. The molecule has 0 saturated heterocycles. The highest BCUT2D eigenvalue weighted by molar-refractivity contribution is 5.91. The van der Waals surface area contributed by atoms with Gasteiger partial charge < -0.3 is 11.1 Å². The zero-order chi connectivity index (χ0) is 23.0. The first kappa shape index (κ1) is 23.9. The van der Waals surface area contributed by atoms with E-state index in [0.717, 1.165) is 18.9 Å². The first-order valence-corrected chi connectivity index (χ1v) is 9.73. The fourth-order valence-corrected chi connectivity index (χ4v) is 2.87. The summed E-state index contributed by atoms with van der Waals surface area (Å²) >= 11 is 0. The van der Waals surface area contributed by atoms with Crippen LogP contribution in [0.25, 0.3) is 6.08 Å². The second kappa shape index (κ2) is 10.6. The Morgan fingerprint density at radius 2 is 2.03 bits per heavy atom. The predicted octanol–water partition coefficient (Wildman–Crippen LogP) is 4.87. The fraction of sp³-hybridized carbons (Fsp3) is 0.304. The largest absolute Gasteiger partial charge is 0.433 e. The number of aryl methyl sites for hydroxylation is 1. The molecule has 1 amide bonds. The maximum absolute atomic E-state index is 13.8. The maximum atomic E-state index is 13.8.